The number of hydrogen-bond acceptors (Lipinski definition) is 5. The first-order valence-corrected chi connectivity index (χ1v) is 17.8. The van der Waals surface area contributed by atoms with E-state index in [1.54, 1.807) is 13.3 Å². The molecule has 4 N–H and O–H groups in total. The Balaban J connectivity index is 0.00000142. The van der Waals surface area contributed by atoms with Crippen LogP contribution < -0.4 is 21.5 Å². The number of halogens is 1. The molecule has 43 heavy (non-hydrogen) atoms. The zero-order chi connectivity index (χ0) is 31.9. The van der Waals surface area contributed by atoms with Crippen molar-refractivity contribution < 1.29 is 0 Å². The van der Waals surface area contributed by atoms with Crippen LogP contribution in [0.1, 0.15) is 113 Å². The summed E-state index contributed by atoms with van der Waals surface area (Å²) in [4.78, 5) is 6.99. The van der Waals surface area contributed by atoms with Gasteiger partial charge in [-0.2, -0.15) is 0 Å². The van der Waals surface area contributed by atoms with Gasteiger partial charge < -0.3 is 16.1 Å². The lowest BCUT2D eigenvalue weighted by molar-refractivity contribution is 0.220. The van der Waals surface area contributed by atoms with E-state index in [9.17, 15) is 0 Å². The van der Waals surface area contributed by atoms with Gasteiger partial charge in [0, 0.05) is 36.1 Å². The largest absolute Gasteiger partial charge is 0.369 e. The van der Waals surface area contributed by atoms with Crippen LogP contribution in [0.4, 0.5) is 0 Å². The number of nitrogens with zero attached hydrogens (tertiary/aromatic N) is 2. The average Bonchev–Trinajstić information content (AvgIpc) is 3.47. The summed E-state index contributed by atoms with van der Waals surface area (Å²) in [6.45, 7) is 22.6. The number of likely N-dealkylation sites (tertiary alicyclic amines) is 1. The Morgan fingerprint density at radius 1 is 1.16 bits per heavy atom. The number of aliphatic imine (C=N–C) groups is 1. The van der Waals surface area contributed by atoms with Crippen molar-refractivity contribution in [2.24, 2.45) is 28.7 Å². The molecule has 7 heteroatoms. The molecular weight excluding hydrogens is 552 g/mol. The van der Waals surface area contributed by atoms with Gasteiger partial charge in [-0.05, 0) is 95.2 Å². The predicted molar refractivity (Wildman–Crippen MR) is 191 cm³/mol. The van der Waals surface area contributed by atoms with Gasteiger partial charge in [-0.25, -0.2) is 10.4 Å². The normalized spacial score (nSPS) is 25.3. The molecule has 1 aliphatic heterocycles. The van der Waals surface area contributed by atoms with Crippen LogP contribution >= 0.6 is 11.6 Å². The van der Waals surface area contributed by atoms with E-state index in [4.69, 9.17) is 11.6 Å². The highest BCUT2D eigenvalue weighted by atomic mass is 35.5. The second-order valence-corrected chi connectivity index (χ2v) is 12.8. The number of likely N-dealkylation sites (N-methyl/N-ethyl adjacent to an activating group) is 1. The van der Waals surface area contributed by atoms with Gasteiger partial charge in [0.15, 0.2) is 0 Å². The summed E-state index contributed by atoms with van der Waals surface area (Å²) < 4.78 is 0. The zero-order valence-corrected chi connectivity index (χ0v) is 29.6. The van der Waals surface area contributed by atoms with Gasteiger partial charge in [-0.15, -0.1) is 0 Å². The number of allylic oxidation sites excluding steroid dienone is 4. The maximum atomic E-state index is 5.08. The topological polar surface area (TPSA) is 63.7 Å². The Bertz CT molecular complexity index is 826. The summed E-state index contributed by atoms with van der Waals surface area (Å²) >= 11 is 5.08. The van der Waals surface area contributed by atoms with E-state index in [1.807, 2.05) is 20.0 Å². The van der Waals surface area contributed by atoms with Crippen molar-refractivity contribution in [3.05, 3.63) is 47.8 Å². The highest BCUT2D eigenvalue weighted by Gasteiger charge is 2.26. The van der Waals surface area contributed by atoms with Gasteiger partial charge in [0.1, 0.15) is 6.34 Å². The predicted octanol–water partition coefficient (Wildman–Crippen LogP) is 8.51. The summed E-state index contributed by atoms with van der Waals surface area (Å²) in [7, 11) is 0. The molecule has 0 bridgehead atoms. The summed E-state index contributed by atoms with van der Waals surface area (Å²) in [6.07, 6.45) is 26.5. The molecule has 4 unspecified atom stereocenters. The third kappa shape index (κ3) is 17.5. The van der Waals surface area contributed by atoms with Crippen molar-refractivity contribution >= 4 is 17.9 Å². The van der Waals surface area contributed by atoms with Crippen LogP contribution in [0.5, 0.6) is 0 Å². The number of nitrogens with one attached hydrogen (secondary N) is 4. The van der Waals surface area contributed by atoms with E-state index in [1.165, 1.54) is 76.6 Å². The molecule has 248 valence electrons. The number of hydrogen-bond donors (Lipinski definition) is 4. The van der Waals surface area contributed by atoms with Crippen LogP contribution in [0.15, 0.2) is 52.8 Å². The first-order chi connectivity index (χ1) is 20.9. The van der Waals surface area contributed by atoms with Crippen molar-refractivity contribution in [2.75, 3.05) is 26.2 Å². The second-order valence-electron chi connectivity index (χ2n) is 12.2. The number of hydrazine groups is 1. The van der Waals surface area contributed by atoms with E-state index < -0.39 is 0 Å². The highest BCUT2D eigenvalue weighted by Crippen LogP contribution is 2.38. The van der Waals surface area contributed by atoms with Crippen LogP contribution in [0.3, 0.4) is 0 Å². The smallest absolute Gasteiger partial charge is 0.102 e. The van der Waals surface area contributed by atoms with Crippen molar-refractivity contribution in [1.29, 1.82) is 0 Å². The first kappa shape index (κ1) is 39.4. The molecule has 6 nitrogen and oxygen atoms in total. The molecule has 2 aliphatic carbocycles. The molecule has 1 heterocycles. The molecule has 0 radical (unpaired) electrons. The fourth-order valence-corrected chi connectivity index (χ4v) is 6.43. The van der Waals surface area contributed by atoms with Gasteiger partial charge in [-0.1, -0.05) is 96.7 Å². The van der Waals surface area contributed by atoms with E-state index in [0.29, 0.717) is 17.0 Å². The van der Waals surface area contributed by atoms with Crippen LogP contribution in [0.25, 0.3) is 0 Å². The van der Waals surface area contributed by atoms with Crippen molar-refractivity contribution in [3.8, 4) is 0 Å². The van der Waals surface area contributed by atoms with E-state index >= 15 is 0 Å². The third-order valence-corrected chi connectivity index (χ3v) is 8.81. The third-order valence-electron chi connectivity index (χ3n) is 8.81. The average molecular weight is 619 g/mol. The molecule has 3 aliphatic rings. The van der Waals surface area contributed by atoms with Crippen molar-refractivity contribution in [1.82, 2.24) is 26.4 Å². The van der Waals surface area contributed by atoms with Crippen LogP contribution in [0.2, 0.25) is 0 Å². The monoisotopic (exact) mass is 619 g/mol. The van der Waals surface area contributed by atoms with E-state index in [2.05, 4.69) is 90.0 Å². The highest BCUT2D eigenvalue weighted by molar-refractivity contribution is 6.28. The molecular formula is C36H67ClN6. The lowest BCUT2D eigenvalue weighted by Gasteiger charge is -2.33. The molecule has 0 aromatic heterocycles. The molecule has 0 amide bonds. The summed E-state index contributed by atoms with van der Waals surface area (Å²) in [5.74, 6) is 3.11. The quantitative estimate of drug-likeness (QED) is 0.0604. The van der Waals surface area contributed by atoms with Crippen LogP contribution in [-0.4, -0.2) is 49.6 Å². The Kier molecular flexibility index (Phi) is 22.6. The van der Waals surface area contributed by atoms with Crippen molar-refractivity contribution in [3.63, 3.8) is 0 Å². The first-order valence-electron chi connectivity index (χ1n) is 17.5. The molecule has 4 atom stereocenters. The molecule has 0 spiro atoms. The van der Waals surface area contributed by atoms with E-state index in [-0.39, 0.29) is 6.17 Å². The minimum absolute atomic E-state index is 0.109. The molecule has 0 aromatic rings. The zero-order valence-electron chi connectivity index (χ0n) is 28.8. The Morgan fingerprint density at radius 3 is 2.49 bits per heavy atom. The van der Waals surface area contributed by atoms with Crippen LogP contribution in [-0.2, 0) is 0 Å². The Morgan fingerprint density at radius 2 is 1.88 bits per heavy atom. The van der Waals surface area contributed by atoms with Gasteiger partial charge in [-0.3, -0.25) is 4.90 Å². The minimum Gasteiger partial charge on any atom is -0.369 e. The lowest BCUT2D eigenvalue weighted by atomic mass is 9.73. The number of rotatable bonds is 16. The van der Waals surface area contributed by atoms with Gasteiger partial charge in [0.05, 0.1) is 6.17 Å². The van der Waals surface area contributed by atoms with Crippen molar-refractivity contribution in [2.45, 2.75) is 125 Å². The van der Waals surface area contributed by atoms with Crippen LogP contribution in [0, 0.1) is 23.7 Å². The van der Waals surface area contributed by atoms with Gasteiger partial charge in [0.25, 0.3) is 0 Å². The molecule has 1 saturated carbocycles. The van der Waals surface area contributed by atoms with Gasteiger partial charge in [0.2, 0.25) is 0 Å². The second kappa shape index (κ2) is 24.7. The SMILES string of the molecule is C=C(C)Cl.CC.CCCC1CCC(C2C=CC(NC(C)NNC=NC=CC(CC)CNCC3CCCN3CC)=CC2)CC1. The Labute approximate surface area is 271 Å². The Hall–Kier alpha value is -1.60. The summed E-state index contributed by atoms with van der Waals surface area (Å²) in [5.41, 5.74) is 7.58. The molecule has 1 saturated heterocycles. The molecule has 0 aromatic carbocycles. The molecule has 2 fully saturated rings. The fourth-order valence-electron chi connectivity index (χ4n) is 6.43. The maximum absolute atomic E-state index is 5.08. The molecule has 3 rings (SSSR count). The minimum atomic E-state index is 0.109. The van der Waals surface area contributed by atoms with E-state index in [0.717, 1.165) is 37.3 Å². The standard InChI is InChI=1S/C31H56N6.C3H5Cl.C2H6/c1-5-9-27-11-13-28(14-12-27)29-15-17-30(18-16-29)35-25(4)36-34-24-32-20-19-26(6-2)22-33-23-31-10-8-21-37(31)7-3;1-3(2)4;1-2/h15,17-20,24-29,31,33,35-36H,5-14,16,21-23H2,1-4H3,(H,32,34);1H2,2H3;1-2H3. The van der Waals surface area contributed by atoms with Gasteiger partial charge >= 0.3 is 0 Å². The maximum Gasteiger partial charge on any atom is 0.102 e. The summed E-state index contributed by atoms with van der Waals surface area (Å²) in [6, 6.07) is 0.715. The lowest BCUT2D eigenvalue weighted by Crippen LogP contribution is -2.46. The fraction of sp³-hybridized carbons (Fsp3) is 0.750. The summed E-state index contributed by atoms with van der Waals surface area (Å²) in [5, 5.41) is 7.87.